The molecular formula is C20H29N3O4. The molecule has 0 fully saturated rings. The number of aromatic amines is 1. The summed E-state index contributed by atoms with van der Waals surface area (Å²) in [7, 11) is 5.34. The first-order valence-corrected chi connectivity index (χ1v) is 9.17. The Hall–Kier alpha value is -2.54. The summed E-state index contributed by atoms with van der Waals surface area (Å²) < 4.78 is 10.4. The van der Waals surface area contributed by atoms with Crippen molar-refractivity contribution in [2.75, 3.05) is 27.7 Å². The molecule has 2 aromatic rings. The molecule has 2 atom stereocenters. The Morgan fingerprint density at radius 1 is 1.30 bits per heavy atom. The zero-order valence-electron chi connectivity index (χ0n) is 16.7. The number of methoxy groups -OCH3 is 1. The third-order valence-corrected chi connectivity index (χ3v) is 4.72. The molecule has 1 heterocycles. The van der Waals surface area contributed by atoms with E-state index in [0.29, 0.717) is 5.75 Å². The van der Waals surface area contributed by atoms with E-state index in [-0.39, 0.29) is 5.92 Å². The van der Waals surface area contributed by atoms with E-state index in [9.17, 15) is 9.59 Å². The maximum atomic E-state index is 12.4. The highest BCUT2D eigenvalue weighted by Gasteiger charge is 2.27. The molecule has 0 unspecified atom stereocenters. The van der Waals surface area contributed by atoms with Crippen molar-refractivity contribution >= 4 is 23.0 Å². The van der Waals surface area contributed by atoms with Gasteiger partial charge in [0, 0.05) is 23.6 Å². The maximum Gasteiger partial charge on any atom is 0.413 e. The SMILES string of the molecule is CC[C@H](C)[C@H](NC(=O)Oc1cccc2[nH]cc(CCN(C)C)c12)C(=O)OC. The highest BCUT2D eigenvalue weighted by atomic mass is 16.6. The number of hydrogen-bond donors (Lipinski definition) is 2. The lowest BCUT2D eigenvalue weighted by atomic mass is 9.99. The first kappa shape index (κ1) is 20.8. The summed E-state index contributed by atoms with van der Waals surface area (Å²) in [5.74, 6) is -0.0794. The van der Waals surface area contributed by atoms with Gasteiger partial charge in [0.05, 0.1) is 7.11 Å². The molecule has 7 heteroatoms. The fourth-order valence-electron chi connectivity index (χ4n) is 2.90. The number of rotatable bonds is 8. The summed E-state index contributed by atoms with van der Waals surface area (Å²) in [6, 6.07) is 4.77. The molecule has 0 saturated carbocycles. The van der Waals surface area contributed by atoms with Gasteiger partial charge in [0.25, 0.3) is 0 Å². The predicted octanol–water partition coefficient (Wildman–Crippen LogP) is 2.95. The molecule has 27 heavy (non-hydrogen) atoms. The van der Waals surface area contributed by atoms with E-state index in [0.717, 1.165) is 35.9 Å². The number of H-pyrrole nitrogens is 1. The van der Waals surface area contributed by atoms with Gasteiger partial charge < -0.3 is 24.7 Å². The van der Waals surface area contributed by atoms with Crippen molar-refractivity contribution in [1.82, 2.24) is 15.2 Å². The van der Waals surface area contributed by atoms with E-state index >= 15 is 0 Å². The second-order valence-corrected chi connectivity index (χ2v) is 6.97. The Morgan fingerprint density at radius 2 is 2.04 bits per heavy atom. The van der Waals surface area contributed by atoms with Crippen LogP contribution in [0.3, 0.4) is 0 Å². The summed E-state index contributed by atoms with van der Waals surface area (Å²) in [5.41, 5.74) is 1.98. The molecule has 0 spiro atoms. The Morgan fingerprint density at radius 3 is 2.67 bits per heavy atom. The van der Waals surface area contributed by atoms with Gasteiger partial charge in [0.15, 0.2) is 0 Å². The van der Waals surface area contributed by atoms with E-state index in [4.69, 9.17) is 9.47 Å². The van der Waals surface area contributed by atoms with Gasteiger partial charge in [-0.15, -0.1) is 0 Å². The number of likely N-dealkylation sites (N-methyl/N-ethyl adjacent to an activating group) is 1. The number of aromatic nitrogens is 1. The van der Waals surface area contributed by atoms with Crippen LogP contribution in [0.25, 0.3) is 10.9 Å². The molecule has 0 aliphatic rings. The second-order valence-electron chi connectivity index (χ2n) is 6.97. The highest BCUT2D eigenvalue weighted by Crippen LogP contribution is 2.29. The summed E-state index contributed by atoms with van der Waals surface area (Å²) in [5, 5.41) is 3.52. The van der Waals surface area contributed by atoms with Crippen molar-refractivity contribution in [2.24, 2.45) is 5.92 Å². The van der Waals surface area contributed by atoms with Crippen LogP contribution in [0.1, 0.15) is 25.8 Å². The van der Waals surface area contributed by atoms with E-state index in [1.54, 1.807) is 6.07 Å². The normalized spacial score (nSPS) is 13.4. The van der Waals surface area contributed by atoms with Crippen LogP contribution in [0.15, 0.2) is 24.4 Å². The average Bonchev–Trinajstić information content (AvgIpc) is 3.07. The van der Waals surface area contributed by atoms with Crippen LogP contribution in [0.2, 0.25) is 0 Å². The predicted molar refractivity (Wildman–Crippen MR) is 105 cm³/mol. The van der Waals surface area contributed by atoms with Crippen LogP contribution in [0.5, 0.6) is 5.75 Å². The van der Waals surface area contributed by atoms with Gasteiger partial charge in [0.1, 0.15) is 11.8 Å². The molecule has 2 rings (SSSR count). The van der Waals surface area contributed by atoms with Gasteiger partial charge in [0.2, 0.25) is 0 Å². The lowest BCUT2D eigenvalue weighted by Crippen LogP contribution is -2.46. The highest BCUT2D eigenvalue weighted by molar-refractivity contribution is 5.91. The molecule has 0 aliphatic heterocycles. The topological polar surface area (TPSA) is 83.7 Å². The van der Waals surface area contributed by atoms with Gasteiger partial charge >= 0.3 is 12.1 Å². The van der Waals surface area contributed by atoms with Crippen molar-refractivity contribution in [3.8, 4) is 5.75 Å². The minimum absolute atomic E-state index is 0.0660. The molecule has 7 nitrogen and oxygen atoms in total. The molecule has 0 bridgehead atoms. The summed E-state index contributed by atoms with van der Waals surface area (Å²) in [6.45, 7) is 4.71. The van der Waals surface area contributed by atoms with Crippen LogP contribution >= 0.6 is 0 Å². The first-order chi connectivity index (χ1) is 12.9. The number of hydrogen-bond acceptors (Lipinski definition) is 5. The Balaban J connectivity index is 2.20. The van der Waals surface area contributed by atoms with Crippen LogP contribution < -0.4 is 10.1 Å². The van der Waals surface area contributed by atoms with E-state index in [2.05, 4.69) is 15.2 Å². The number of nitrogens with zero attached hydrogens (tertiary/aromatic N) is 1. The molecule has 0 aliphatic carbocycles. The zero-order valence-corrected chi connectivity index (χ0v) is 16.7. The van der Waals surface area contributed by atoms with Gasteiger partial charge in [-0.3, -0.25) is 0 Å². The van der Waals surface area contributed by atoms with Crippen molar-refractivity contribution in [3.63, 3.8) is 0 Å². The largest absolute Gasteiger partial charge is 0.467 e. The van der Waals surface area contributed by atoms with Gasteiger partial charge in [-0.2, -0.15) is 0 Å². The van der Waals surface area contributed by atoms with Crippen molar-refractivity contribution < 1.29 is 19.1 Å². The lowest BCUT2D eigenvalue weighted by Gasteiger charge is -2.21. The molecule has 0 radical (unpaired) electrons. The minimum atomic E-state index is -0.744. The smallest absolute Gasteiger partial charge is 0.413 e. The standard InChI is InChI=1S/C20H29N3O4/c1-6-13(2)18(19(24)26-5)22-20(25)27-16-9-7-8-15-17(16)14(12-21-15)10-11-23(3)4/h7-9,12-13,18,21H,6,10-11H2,1-5H3,(H,22,25)/t13-,18-/m0/s1. The summed E-state index contributed by atoms with van der Waals surface area (Å²) in [4.78, 5) is 29.7. The zero-order chi connectivity index (χ0) is 20.0. The van der Waals surface area contributed by atoms with Gasteiger partial charge in [-0.1, -0.05) is 26.3 Å². The molecule has 148 valence electrons. The number of benzene rings is 1. The Labute approximate surface area is 160 Å². The number of ether oxygens (including phenoxy) is 2. The van der Waals surface area contributed by atoms with Crippen LogP contribution in [0, 0.1) is 5.92 Å². The molecule has 1 aromatic heterocycles. The monoisotopic (exact) mass is 375 g/mol. The van der Waals surface area contributed by atoms with E-state index in [1.165, 1.54) is 7.11 Å². The first-order valence-electron chi connectivity index (χ1n) is 9.17. The fraction of sp³-hybridized carbons (Fsp3) is 0.500. The molecule has 1 amide bonds. The van der Waals surface area contributed by atoms with Gasteiger partial charge in [-0.25, -0.2) is 9.59 Å². The number of fused-ring (bicyclic) bond motifs is 1. The van der Waals surface area contributed by atoms with Crippen LogP contribution in [-0.2, 0) is 16.0 Å². The third-order valence-electron chi connectivity index (χ3n) is 4.72. The van der Waals surface area contributed by atoms with Crippen LogP contribution in [0.4, 0.5) is 4.79 Å². The van der Waals surface area contributed by atoms with Crippen molar-refractivity contribution in [1.29, 1.82) is 0 Å². The second kappa shape index (κ2) is 9.41. The van der Waals surface area contributed by atoms with E-state index in [1.807, 2.05) is 46.3 Å². The Kier molecular flexibility index (Phi) is 7.24. The fourth-order valence-corrected chi connectivity index (χ4v) is 2.90. The summed E-state index contributed by atoms with van der Waals surface area (Å²) >= 11 is 0. The van der Waals surface area contributed by atoms with Gasteiger partial charge in [-0.05, 0) is 44.1 Å². The molecule has 2 N–H and O–H groups in total. The number of nitrogens with one attached hydrogen (secondary N) is 2. The average molecular weight is 375 g/mol. The lowest BCUT2D eigenvalue weighted by molar-refractivity contribution is -0.144. The Bertz CT molecular complexity index is 785. The molecule has 1 aromatic carbocycles. The molecule has 0 saturated heterocycles. The number of esters is 1. The number of carbonyl (C=O) groups excluding carboxylic acids is 2. The van der Waals surface area contributed by atoms with Crippen molar-refractivity contribution in [2.45, 2.75) is 32.7 Å². The number of amides is 1. The van der Waals surface area contributed by atoms with Crippen LogP contribution in [-0.4, -0.2) is 55.7 Å². The maximum absolute atomic E-state index is 12.4. The minimum Gasteiger partial charge on any atom is -0.467 e. The quantitative estimate of drug-likeness (QED) is 0.693. The third kappa shape index (κ3) is 5.23. The van der Waals surface area contributed by atoms with Crippen molar-refractivity contribution in [3.05, 3.63) is 30.0 Å². The summed E-state index contributed by atoms with van der Waals surface area (Å²) in [6.07, 6.45) is 2.82. The molecular weight excluding hydrogens is 346 g/mol. The number of carbonyl (C=O) groups is 2. The van der Waals surface area contributed by atoms with E-state index < -0.39 is 18.1 Å².